The molecule has 0 radical (unpaired) electrons. The Balaban J connectivity index is 0.00000288. The number of rotatable bonds is 4. The van der Waals surface area contributed by atoms with Crippen LogP contribution in [0.3, 0.4) is 0 Å². The Bertz CT molecular complexity index is 455. The molecule has 2 rings (SSSR count). The third-order valence-corrected chi connectivity index (χ3v) is 4.03. The Morgan fingerprint density at radius 3 is 2.46 bits per heavy atom. The van der Waals surface area contributed by atoms with Gasteiger partial charge in [0.2, 0.25) is 0 Å². The first-order valence-electron chi connectivity index (χ1n) is 8.46. The van der Waals surface area contributed by atoms with Crippen molar-refractivity contribution in [2.75, 3.05) is 26.2 Å². The van der Waals surface area contributed by atoms with Gasteiger partial charge in [-0.1, -0.05) is 0 Å². The number of nitrogens with zero attached hydrogens (tertiary/aromatic N) is 2. The second-order valence-corrected chi connectivity index (χ2v) is 7.50. The van der Waals surface area contributed by atoms with Crippen LogP contribution in [0.2, 0.25) is 0 Å². The van der Waals surface area contributed by atoms with Gasteiger partial charge in [-0.3, -0.25) is 4.99 Å². The SMILES string of the molecule is CCNC(=NCC1(O)CCC1)NC1CN(C(=O)OC(C)(C)C)C1.I. The average molecular weight is 454 g/mol. The first-order chi connectivity index (χ1) is 10.7. The zero-order chi connectivity index (χ0) is 17.1. The molecule has 3 N–H and O–H groups in total. The fourth-order valence-electron chi connectivity index (χ4n) is 2.53. The number of ether oxygens (including phenoxy) is 1. The summed E-state index contributed by atoms with van der Waals surface area (Å²) in [5.41, 5.74) is -1.09. The third-order valence-electron chi connectivity index (χ3n) is 4.03. The van der Waals surface area contributed by atoms with Crippen molar-refractivity contribution in [2.24, 2.45) is 4.99 Å². The van der Waals surface area contributed by atoms with Gasteiger partial charge >= 0.3 is 6.09 Å². The van der Waals surface area contributed by atoms with E-state index >= 15 is 0 Å². The average Bonchev–Trinajstić information content (AvgIpc) is 2.34. The van der Waals surface area contributed by atoms with Crippen LogP contribution in [-0.2, 0) is 4.74 Å². The lowest BCUT2D eigenvalue weighted by atomic mass is 9.80. The van der Waals surface area contributed by atoms with Crippen molar-refractivity contribution < 1.29 is 14.6 Å². The minimum atomic E-state index is -0.621. The maximum Gasteiger partial charge on any atom is 0.410 e. The monoisotopic (exact) mass is 454 g/mol. The molecule has 0 aromatic rings. The number of hydrogen-bond donors (Lipinski definition) is 3. The molecule has 0 bridgehead atoms. The molecule has 140 valence electrons. The molecule has 1 saturated carbocycles. The van der Waals surface area contributed by atoms with E-state index in [1.165, 1.54) is 0 Å². The summed E-state index contributed by atoms with van der Waals surface area (Å²) in [6.07, 6.45) is 2.45. The molecule has 7 nitrogen and oxygen atoms in total. The molecular weight excluding hydrogens is 423 g/mol. The molecule has 1 aliphatic carbocycles. The van der Waals surface area contributed by atoms with Gasteiger partial charge < -0.3 is 25.4 Å². The van der Waals surface area contributed by atoms with Crippen LogP contribution < -0.4 is 10.6 Å². The topological polar surface area (TPSA) is 86.2 Å². The quantitative estimate of drug-likeness (QED) is 0.342. The minimum Gasteiger partial charge on any atom is -0.444 e. The number of hydrogen-bond acceptors (Lipinski definition) is 4. The lowest BCUT2D eigenvalue weighted by Crippen LogP contribution is -2.63. The highest BCUT2D eigenvalue weighted by Crippen LogP contribution is 2.31. The molecule has 1 heterocycles. The maximum absolute atomic E-state index is 11.9. The van der Waals surface area contributed by atoms with E-state index in [9.17, 15) is 9.90 Å². The van der Waals surface area contributed by atoms with Gasteiger partial charge in [-0.2, -0.15) is 0 Å². The van der Waals surface area contributed by atoms with Crippen molar-refractivity contribution >= 4 is 36.0 Å². The van der Waals surface area contributed by atoms with E-state index in [2.05, 4.69) is 15.6 Å². The van der Waals surface area contributed by atoms with E-state index in [-0.39, 0.29) is 36.1 Å². The highest BCUT2D eigenvalue weighted by atomic mass is 127. The van der Waals surface area contributed by atoms with Gasteiger partial charge in [-0.05, 0) is 47.0 Å². The van der Waals surface area contributed by atoms with Gasteiger partial charge in [0.15, 0.2) is 5.96 Å². The summed E-state index contributed by atoms with van der Waals surface area (Å²) in [5.74, 6) is 0.696. The normalized spacial score (nSPS) is 20.4. The summed E-state index contributed by atoms with van der Waals surface area (Å²) < 4.78 is 5.34. The van der Waals surface area contributed by atoms with Crippen molar-refractivity contribution in [1.29, 1.82) is 0 Å². The van der Waals surface area contributed by atoms with E-state index in [0.717, 1.165) is 25.8 Å². The summed E-state index contributed by atoms with van der Waals surface area (Å²) in [6.45, 7) is 9.97. The summed E-state index contributed by atoms with van der Waals surface area (Å²) in [5, 5.41) is 16.6. The van der Waals surface area contributed by atoms with Crippen molar-refractivity contribution in [3.05, 3.63) is 0 Å². The molecule has 24 heavy (non-hydrogen) atoms. The molecule has 1 aliphatic heterocycles. The first kappa shape index (κ1) is 21.3. The predicted molar refractivity (Wildman–Crippen MR) is 105 cm³/mol. The Kier molecular flexibility index (Phi) is 7.58. The highest BCUT2D eigenvalue weighted by Gasteiger charge is 2.36. The summed E-state index contributed by atoms with van der Waals surface area (Å²) in [6, 6.07) is 0.163. The number of guanidine groups is 1. The smallest absolute Gasteiger partial charge is 0.410 e. The van der Waals surface area contributed by atoms with E-state index in [1.54, 1.807) is 4.90 Å². The van der Waals surface area contributed by atoms with Crippen molar-refractivity contribution in [3.63, 3.8) is 0 Å². The molecule has 0 unspecified atom stereocenters. The summed E-state index contributed by atoms with van der Waals surface area (Å²) >= 11 is 0. The van der Waals surface area contributed by atoms with Gasteiger partial charge in [0.05, 0.1) is 18.2 Å². The van der Waals surface area contributed by atoms with Crippen LogP contribution in [0.15, 0.2) is 4.99 Å². The van der Waals surface area contributed by atoms with Gasteiger partial charge in [-0.15, -0.1) is 24.0 Å². The van der Waals surface area contributed by atoms with Crippen molar-refractivity contribution in [1.82, 2.24) is 15.5 Å². The Morgan fingerprint density at radius 2 is 2.00 bits per heavy atom. The van der Waals surface area contributed by atoms with Gasteiger partial charge in [-0.25, -0.2) is 4.79 Å². The number of halogens is 1. The van der Waals surface area contributed by atoms with Gasteiger partial charge in [0.25, 0.3) is 0 Å². The van der Waals surface area contributed by atoms with Crippen LogP contribution in [0.5, 0.6) is 0 Å². The van der Waals surface area contributed by atoms with Crippen molar-refractivity contribution in [2.45, 2.75) is 64.2 Å². The van der Waals surface area contributed by atoms with E-state index in [1.807, 2.05) is 27.7 Å². The van der Waals surface area contributed by atoms with Crippen LogP contribution >= 0.6 is 24.0 Å². The zero-order valence-corrected chi connectivity index (χ0v) is 17.4. The molecular formula is C16H31IN4O3. The molecule has 0 spiro atoms. The number of amides is 1. The number of likely N-dealkylation sites (tertiary alicyclic amines) is 1. The molecule has 1 saturated heterocycles. The third kappa shape index (κ3) is 6.27. The predicted octanol–water partition coefficient (Wildman–Crippen LogP) is 1.69. The lowest BCUT2D eigenvalue weighted by Gasteiger charge is -2.40. The molecule has 0 aromatic heterocycles. The number of nitrogens with one attached hydrogen (secondary N) is 2. The Labute approximate surface area is 161 Å². The second-order valence-electron chi connectivity index (χ2n) is 7.50. The molecule has 1 amide bonds. The van der Waals surface area contributed by atoms with Crippen LogP contribution in [0.25, 0.3) is 0 Å². The Hall–Kier alpha value is -0.770. The van der Waals surface area contributed by atoms with Crippen LogP contribution in [-0.4, -0.2) is 65.5 Å². The molecule has 2 fully saturated rings. The number of aliphatic imine (C=N–C) groups is 1. The van der Waals surface area contributed by atoms with E-state index in [4.69, 9.17) is 4.74 Å². The maximum atomic E-state index is 11.9. The molecule has 8 heteroatoms. The second kappa shape index (κ2) is 8.55. The van der Waals surface area contributed by atoms with Crippen LogP contribution in [0.1, 0.15) is 47.0 Å². The summed E-state index contributed by atoms with van der Waals surface area (Å²) in [4.78, 5) is 18.0. The largest absolute Gasteiger partial charge is 0.444 e. The lowest BCUT2D eigenvalue weighted by molar-refractivity contribution is -0.0236. The zero-order valence-electron chi connectivity index (χ0n) is 15.1. The highest BCUT2D eigenvalue weighted by molar-refractivity contribution is 14.0. The van der Waals surface area contributed by atoms with Crippen LogP contribution in [0, 0.1) is 0 Å². The number of aliphatic hydroxyl groups is 1. The van der Waals surface area contributed by atoms with E-state index in [0.29, 0.717) is 25.6 Å². The number of carbonyl (C=O) groups excluding carboxylic acids is 1. The molecule has 0 aromatic carbocycles. The fraction of sp³-hybridized carbons (Fsp3) is 0.875. The first-order valence-corrected chi connectivity index (χ1v) is 8.46. The molecule has 0 atom stereocenters. The van der Waals surface area contributed by atoms with Gasteiger partial charge in [0, 0.05) is 19.6 Å². The minimum absolute atomic E-state index is 0. The van der Waals surface area contributed by atoms with Gasteiger partial charge in [0.1, 0.15) is 5.60 Å². The molecule has 2 aliphatic rings. The summed E-state index contributed by atoms with van der Waals surface area (Å²) in [7, 11) is 0. The fourth-order valence-corrected chi connectivity index (χ4v) is 2.53. The number of carbonyl (C=O) groups is 1. The Morgan fingerprint density at radius 1 is 1.38 bits per heavy atom. The van der Waals surface area contributed by atoms with Crippen LogP contribution in [0.4, 0.5) is 4.79 Å². The standard InChI is InChI=1S/C16H30N4O3.HI/c1-5-17-13(18-11-16(22)7-6-8-16)19-12-9-20(10-12)14(21)23-15(2,3)4;/h12,22H,5-11H2,1-4H3,(H2,17,18,19);1H. The van der Waals surface area contributed by atoms with Crippen molar-refractivity contribution in [3.8, 4) is 0 Å². The van der Waals surface area contributed by atoms with E-state index < -0.39 is 11.2 Å².